The fourth-order valence-electron chi connectivity index (χ4n) is 1.21. The molecule has 0 rings (SSSR count). The number of hydrogen-bond donors (Lipinski definition) is 3. The molecule has 14 heavy (non-hydrogen) atoms. The zero-order valence-electron chi connectivity index (χ0n) is 8.69. The van der Waals surface area contributed by atoms with Crippen LogP contribution in [0, 0.1) is 0 Å². The molecule has 0 saturated carbocycles. The third-order valence-corrected chi connectivity index (χ3v) is 1.90. The molecule has 0 aliphatic rings. The largest absolute Gasteiger partial charge is 0.480 e. The normalized spacial score (nSPS) is 15.1. The van der Waals surface area contributed by atoms with Crippen LogP contribution in [0.5, 0.6) is 0 Å². The van der Waals surface area contributed by atoms with Crippen molar-refractivity contribution >= 4 is 5.97 Å². The highest BCUT2D eigenvalue weighted by atomic mass is 16.5. The van der Waals surface area contributed by atoms with Gasteiger partial charge in [-0.2, -0.15) is 0 Å². The van der Waals surface area contributed by atoms with Gasteiger partial charge in [-0.25, -0.2) is 0 Å². The summed E-state index contributed by atoms with van der Waals surface area (Å²) in [4.78, 5) is 10.8. The predicted octanol–water partition coefficient (Wildman–Crippen LogP) is -0.163. The van der Waals surface area contributed by atoms with Gasteiger partial charge >= 0.3 is 5.97 Å². The molecule has 0 aromatic carbocycles. The highest BCUT2D eigenvalue weighted by Gasteiger charge is 2.19. The molecule has 0 aromatic heterocycles. The van der Waals surface area contributed by atoms with Gasteiger partial charge in [-0.1, -0.05) is 13.3 Å². The van der Waals surface area contributed by atoms with Gasteiger partial charge in [0.05, 0.1) is 19.3 Å². The van der Waals surface area contributed by atoms with Crippen molar-refractivity contribution in [2.45, 2.75) is 31.8 Å². The van der Waals surface area contributed by atoms with Crippen LogP contribution < -0.4 is 5.32 Å². The van der Waals surface area contributed by atoms with E-state index < -0.39 is 12.0 Å². The highest BCUT2D eigenvalue weighted by Crippen LogP contribution is 1.99. The van der Waals surface area contributed by atoms with E-state index in [1.54, 1.807) is 0 Å². The van der Waals surface area contributed by atoms with Crippen LogP contribution in [0.25, 0.3) is 0 Å². The number of hydrogen-bond acceptors (Lipinski definition) is 4. The van der Waals surface area contributed by atoms with Gasteiger partial charge in [0.2, 0.25) is 0 Å². The Morgan fingerprint density at radius 3 is 2.57 bits per heavy atom. The molecular formula is C9H19NO4. The number of nitrogens with one attached hydrogen (secondary N) is 1. The monoisotopic (exact) mass is 205 g/mol. The number of aliphatic hydroxyl groups excluding tert-OH is 1. The minimum absolute atomic E-state index is 0.124. The Labute approximate surface area is 84.1 Å². The van der Waals surface area contributed by atoms with Crippen molar-refractivity contribution in [3.05, 3.63) is 0 Å². The number of carboxylic acids is 1. The Morgan fingerprint density at radius 1 is 1.57 bits per heavy atom. The van der Waals surface area contributed by atoms with Crippen LogP contribution in [0.15, 0.2) is 0 Å². The molecule has 0 heterocycles. The minimum Gasteiger partial charge on any atom is -0.480 e. The molecule has 0 radical (unpaired) electrons. The third-order valence-electron chi connectivity index (χ3n) is 1.90. The van der Waals surface area contributed by atoms with Gasteiger partial charge in [0.25, 0.3) is 0 Å². The average Bonchev–Trinajstić information content (AvgIpc) is 2.15. The van der Waals surface area contributed by atoms with Crippen LogP contribution in [0.2, 0.25) is 0 Å². The molecule has 0 fully saturated rings. The quantitative estimate of drug-likeness (QED) is 0.513. The maximum Gasteiger partial charge on any atom is 0.320 e. The molecule has 84 valence electrons. The Bertz CT molecular complexity index is 163. The van der Waals surface area contributed by atoms with Crippen molar-refractivity contribution in [3.8, 4) is 0 Å². The summed E-state index contributed by atoms with van der Waals surface area (Å²) < 4.78 is 4.84. The Kier molecular flexibility index (Phi) is 7.37. The van der Waals surface area contributed by atoms with Gasteiger partial charge in [-0.3, -0.25) is 10.1 Å². The van der Waals surface area contributed by atoms with E-state index in [1.165, 1.54) is 7.11 Å². The van der Waals surface area contributed by atoms with Gasteiger partial charge in [0.15, 0.2) is 0 Å². The van der Waals surface area contributed by atoms with Crippen molar-refractivity contribution in [1.82, 2.24) is 5.32 Å². The molecule has 2 unspecified atom stereocenters. The topological polar surface area (TPSA) is 78.8 Å². The zero-order chi connectivity index (χ0) is 11.0. The van der Waals surface area contributed by atoms with E-state index in [0.29, 0.717) is 13.0 Å². The molecule has 5 heteroatoms. The molecule has 0 bridgehead atoms. The van der Waals surface area contributed by atoms with Crippen molar-refractivity contribution in [3.63, 3.8) is 0 Å². The summed E-state index contributed by atoms with van der Waals surface area (Å²) >= 11 is 0. The smallest absolute Gasteiger partial charge is 0.320 e. The number of rotatable bonds is 8. The molecule has 0 aliphatic carbocycles. The lowest BCUT2D eigenvalue weighted by Gasteiger charge is -2.20. The Morgan fingerprint density at radius 2 is 2.21 bits per heavy atom. The molecular weight excluding hydrogens is 186 g/mol. The summed E-state index contributed by atoms with van der Waals surface area (Å²) in [5, 5.41) is 20.6. The highest BCUT2D eigenvalue weighted by molar-refractivity contribution is 5.73. The third kappa shape index (κ3) is 5.16. The number of methoxy groups -OCH3 is 1. The first-order valence-corrected chi connectivity index (χ1v) is 4.74. The van der Waals surface area contributed by atoms with Gasteiger partial charge in [0.1, 0.15) is 6.04 Å². The van der Waals surface area contributed by atoms with Crippen molar-refractivity contribution in [1.29, 1.82) is 0 Å². The van der Waals surface area contributed by atoms with Gasteiger partial charge in [-0.15, -0.1) is 0 Å². The summed E-state index contributed by atoms with van der Waals surface area (Å²) in [5.74, 6) is -0.888. The van der Waals surface area contributed by atoms with Gasteiger partial charge in [-0.05, 0) is 6.42 Å². The predicted molar refractivity (Wildman–Crippen MR) is 52.2 cm³/mol. The van der Waals surface area contributed by atoms with Crippen molar-refractivity contribution < 1.29 is 19.7 Å². The van der Waals surface area contributed by atoms with Crippen LogP contribution in [0.1, 0.15) is 19.8 Å². The van der Waals surface area contributed by atoms with E-state index in [4.69, 9.17) is 14.9 Å². The fraction of sp³-hybridized carbons (Fsp3) is 0.889. The number of carbonyl (C=O) groups is 1. The number of aliphatic hydroxyl groups is 1. The van der Waals surface area contributed by atoms with Crippen LogP contribution in [0.3, 0.4) is 0 Å². The molecule has 5 nitrogen and oxygen atoms in total. The molecule has 0 saturated heterocycles. The molecule has 0 aromatic rings. The summed E-state index contributed by atoms with van der Waals surface area (Å²) in [6.07, 6.45) is 1.34. The lowest BCUT2D eigenvalue weighted by molar-refractivity contribution is -0.140. The SMILES string of the molecule is CCCC(NC(CO)COC)C(=O)O. The second-order valence-electron chi connectivity index (χ2n) is 3.18. The Hall–Kier alpha value is -0.650. The lowest BCUT2D eigenvalue weighted by Crippen LogP contribution is -2.47. The lowest BCUT2D eigenvalue weighted by atomic mass is 10.1. The van der Waals surface area contributed by atoms with Crippen LogP contribution in [-0.2, 0) is 9.53 Å². The van der Waals surface area contributed by atoms with E-state index in [1.807, 2.05) is 6.92 Å². The standard InChI is InChI=1S/C9H19NO4/c1-3-4-8(9(12)13)10-7(5-11)6-14-2/h7-8,10-11H,3-6H2,1-2H3,(H,12,13). The average molecular weight is 205 g/mol. The first-order chi connectivity index (χ1) is 6.65. The first-order valence-electron chi connectivity index (χ1n) is 4.74. The Balaban J connectivity index is 4.03. The minimum atomic E-state index is -0.888. The molecule has 0 amide bonds. The second kappa shape index (κ2) is 7.73. The molecule has 2 atom stereocenters. The van der Waals surface area contributed by atoms with E-state index >= 15 is 0 Å². The summed E-state index contributed by atoms with van der Waals surface area (Å²) in [7, 11) is 1.51. The summed E-state index contributed by atoms with van der Waals surface area (Å²) in [5.41, 5.74) is 0. The number of carboxylic acid groups (broad SMARTS) is 1. The van der Waals surface area contributed by atoms with Gasteiger partial charge in [0, 0.05) is 7.11 Å². The fourth-order valence-corrected chi connectivity index (χ4v) is 1.21. The number of ether oxygens (including phenoxy) is 1. The molecule has 3 N–H and O–H groups in total. The zero-order valence-corrected chi connectivity index (χ0v) is 8.69. The van der Waals surface area contributed by atoms with Crippen LogP contribution >= 0.6 is 0 Å². The van der Waals surface area contributed by atoms with E-state index in [0.717, 1.165) is 6.42 Å². The van der Waals surface area contributed by atoms with Crippen molar-refractivity contribution in [2.24, 2.45) is 0 Å². The maximum absolute atomic E-state index is 10.8. The second-order valence-corrected chi connectivity index (χ2v) is 3.18. The summed E-state index contributed by atoms with van der Waals surface area (Å²) in [6, 6.07) is -0.917. The molecule has 0 aliphatic heterocycles. The van der Waals surface area contributed by atoms with Crippen molar-refractivity contribution in [2.75, 3.05) is 20.3 Å². The van der Waals surface area contributed by atoms with Gasteiger partial charge < -0.3 is 14.9 Å². The van der Waals surface area contributed by atoms with Crippen LogP contribution in [-0.4, -0.2) is 48.6 Å². The number of aliphatic carboxylic acids is 1. The maximum atomic E-state index is 10.8. The van der Waals surface area contributed by atoms with Crippen LogP contribution in [0.4, 0.5) is 0 Å². The first kappa shape index (κ1) is 13.4. The van der Waals surface area contributed by atoms with E-state index in [-0.39, 0.29) is 12.6 Å². The molecule has 0 spiro atoms. The summed E-state index contributed by atoms with van der Waals surface area (Å²) in [6.45, 7) is 2.10. The van der Waals surface area contributed by atoms with E-state index in [9.17, 15) is 4.79 Å². The van der Waals surface area contributed by atoms with E-state index in [2.05, 4.69) is 5.32 Å².